The molecule has 2 aromatic rings. The summed E-state index contributed by atoms with van der Waals surface area (Å²) in [6.07, 6.45) is 7.52. The van der Waals surface area contributed by atoms with Crippen LogP contribution < -0.4 is 10.8 Å². The second-order valence-electron chi connectivity index (χ2n) is 8.82. The van der Waals surface area contributed by atoms with Gasteiger partial charge in [-0.25, -0.2) is 13.4 Å². The van der Waals surface area contributed by atoms with Crippen LogP contribution in [0.5, 0.6) is 0 Å². The highest BCUT2D eigenvalue weighted by atomic mass is 32.2. The topological polar surface area (TPSA) is 112 Å². The Morgan fingerprint density at radius 2 is 1.71 bits per heavy atom. The van der Waals surface area contributed by atoms with E-state index in [4.69, 9.17) is 9.05 Å². The van der Waals surface area contributed by atoms with Gasteiger partial charge in [-0.2, -0.15) is 0 Å². The minimum atomic E-state index is -3.59. The van der Waals surface area contributed by atoms with Crippen LogP contribution in [0.2, 0.25) is 0 Å². The highest BCUT2D eigenvalue weighted by molar-refractivity contribution is 7.90. The Morgan fingerprint density at radius 3 is 2.29 bits per heavy atom. The van der Waals surface area contributed by atoms with Crippen molar-refractivity contribution >= 4 is 34.6 Å². The van der Waals surface area contributed by atoms with Crippen LogP contribution in [-0.2, 0) is 28.2 Å². The summed E-state index contributed by atoms with van der Waals surface area (Å²) in [7, 11) is -6.92. The Labute approximate surface area is 208 Å². The molecule has 3 rings (SSSR count). The quantitative estimate of drug-likeness (QED) is 0.387. The molecule has 0 aliphatic heterocycles. The number of hydrogen-bond acceptors (Lipinski definition) is 7. The van der Waals surface area contributed by atoms with Crippen LogP contribution in [0, 0.1) is 5.92 Å². The lowest BCUT2D eigenvalue weighted by Gasteiger charge is -2.20. The van der Waals surface area contributed by atoms with Crippen molar-refractivity contribution in [2.24, 2.45) is 5.92 Å². The van der Waals surface area contributed by atoms with E-state index in [1.54, 1.807) is 56.3 Å². The standard InChI is InChI=1S/C25H35N2O6PS/c1-4-32-34(29,33-5-2)24-12-8-11-23(26-24)27-25(28)22(18-13-19-9-6-7-10-19)20-14-16-21(17-15-20)35(3,30)31/h8,11-12,14-17,19,22H,4-7,9-10,13,18H2,1-3H3,(H,26,27,28)/t22-/m1/s1. The number of carbonyl (C=O) groups excluding carboxylic acids is 1. The van der Waals surface area contributed by atoms with Crippen molar-refractivity contribution in [1.29, 1.82) is 0 Å². The Kier molecular flexibility index (Phi) is 9.64. The number of sulfone groups is 1. The molecule has 1 N–H and O–H groups in total. The number of carbonyl (C=O) groups is 1. The molecule has 0 radical (unpaired) electrons. The van der Waals surface area contributed by atoms with Gasteiger partial charge in [0.15, 0.2) is 15.3 Å². The van der Waals surface area contributed by atoms with Gasteiger partial charge in [0.05, 0.1) is 24.0 Å². The second kappa shape index (κ2) is 12.3. The van der Waals surface area contributed by atoms with Crippen LogP contribution in [-0.4, -0.2) is 38.8 Å². The van der Waals surface area contributed by atoms with Gasteiger partial charge in [0, 0.05) is 6.26 Å². The van der Waals surface area contributed by atoms with E-state index in [0.29, 0.717) is 12.3 Å². The van der Waals surface area contributed by atoms with Gasteiger partial charge < -0.3 is 14.4 Å². The lowest BCUT2D eigenvalue weighted by molar-refractivity contribution is -0.117. The summed E-state index contributed by atoms with van der Waals surface area (Å²) in [5.41, 5.74) is 0.886. The number of nitrogens with zero attached hydrogens (tertiary/aromatic N) is 1. The van der Waals surface area contributed by atoms with Crippen LogP contribution in [0.4, 0.5) is 5.82 Å². The second-order valence-corrected chi connectivity index (χ2v) is 12.8. The average molecular weight is 523 g/mol. The molecular formula is C25H35N2O6PS. The highest BCUT2D eigenvalue weighted by Crippen LogP contribution is 2.46. The van der Waals surface area contributed by atoms with E-state index < -0.39 is 23.4 Å². The summed E-state index contributed by atoms with van der Waals surface area (Å²) < 4.78 is 47.6. The number of amides is 1. The molecule has 1 atom stereocenters. The van der Waals surface area contributed by atoms with Crippen LogP contribution in [0.25, 0.3) is 0 Å². The molecule has 1 fully saturated rings. The lowest BCUT2D eigenvalue weighted by Crippen LogP contribution is -2.24. The summed E-state index contributed by atoms with van der Waals surface area (Å²) >= 11 is 0. The van der Waals surface area contributed by atoms with E-state index in [9.17, 15) is 17.8 Å². The molecule has 35 heavy (non-hydrogen) atoms. The van der Waals surface area contributed by atoms with Gasteiger partial charge >= 0.3 is 7.60 Å². The van der Waals surface area contributed by atoms with E-state index >= 15 is 0 Å². The first-order valence-electron chi connectivity index (χ1n) is 12.1. The first-order valence-corrected chi connectivity index (χ1v) is 15.6. The molecule has 192 valence electrons. The summed E-state index contributed by atoms with van der Waals surface area (Å²) in [6, 6.07) is 11.3. The van der Waals surface area contributed by atoms with Gasteiger partial charge in [-0.3, -0.25) is 9.36 Å². The third-order valence-corrected chi connectivity index (χ3v) is 9.36. The van der Waals surface area contributed by atoms with E-state index in [2.05, 4.69) is 10.3 Å². The van der Waals surface area contributed by atoms with Gasteiger partial charge in [0.25, 0.3) is 0 Å². The minimum Gasteiger partial charge on any atom is -0.310 e. The number of pyridine rings is 1. The van der Waals surface area contributed by atoms with Crippen LogP contribution >= 0.6 is 7.60 Å². The molecule has 1 heterocycles. The molecule has 1 aliphatic rings. The van der Waals surface area contributed by atoms with Crippen molar-refractivity contribution in [3.63, 3.8) is 0 Å². The van der Waals surface area contributed by atoms with Gasteiger partial charge in [0.2, 0.25) is 5.91 Å². The third-order valence-electron chi connectivity index (χ3n) is 6.23. The van der Waals surface area contributed by atoms with Crippen molar-refractivity contribution in [2.75, 3.05) is 24.8 Å². The third kappa shape index (κ3) is 7.46. The molecule has 0 bridgehead atoms. The largest absolute Gasteiger partial charge is 0.379 e. The molecule has 1 aromatic heterocycles. The number of rotatable bonds is 12. The zero-order chi connectivity index (χ0) is 25.5. The predicted molar refractivity (Wildman–Crippen MR) is 137 cm³/mol. The lowest BCUT2D eigenvalue weighted by atomic mass is 9.89. The van der Waals surface area contributed by atoms with E-state index in [1.165, 1.54) is 25.7 Å². The fourth-order valence-electron chi connectivity index (χ4n) is 4.47. The number of aromatic nitrogens is 1. The molecule has 0 unspecified atom stereocenters. The highest BCUT2D eigenvalue weighted by Gasteiger charge is 2.29. The van der Waals surface area contributed by atoms with Crippen molar-refractivity contribution in [2.45, 2.75) is 63.2 Å². The van der Waals surface area contributed by atoms with E-state index in [1.807, 2.05) is 0 Å². The Hall–Kier alpha value is -2.06. The maximum Gasteiger partial charge on any atom is 0.379 e. The molecule has 0 saturated heterocycles. The van der Waals surface area contributed by atoms with Gasteiger partial charge in [-0.15, -0.1) is 0 Å². The maximum absolute atomic E-state index is 13.4. The van der Waals surface area contributed by atoms with Crippen molar-refractivity contribution in [3.05, 3.63) is 48.0 Å². The summed E-state index contributed by atoms with van der Waals surface area (Å²) in [5, 5.41) is 2.86. The first-order chi connectivity index (χ1) is 16.7. The first kappa shape index (κ1) is 27.5. The average Bonchev–Trinajstić information content (AvgIpc) is 3.33. The van der Waals surface area contributed by atoms with E-state index in [-0.39, 0.29) is 35.3 Å². The zero-order valence-corrected chi connectivity index (χ0v) is 22.3. The molecule has 10 heteroatoms. The number of hydrogen-bond donors (Lipinski definition) is 1. The predicted octanol–water partition coefficient (Wildman–Crippen LogP) is 5.07. The fraction of sp³-hybridized carbons (Fsp3) is 0.520. The van der Waals surface area contributed by atoms with Crippen molar-refractivity contribution < 1.29 is 26.8 Å². The molecule has 1 aromatic carbocycles. The maximum atomic E-state index is 13.4. The summed E-state index contributed by atoms with van der Waals surface area (Å²) in [6.45, 7) is 3.84. The molecular weight excluding hydrogens is 487 g/mol. The number of benzene rings is 1. The van der Waals surface area contributed by atoms with Crippen molar-refractivity contribution in [1.82, 2.24) is 4.98 Å². The number of nitrogens with one attached hydrogen (secondary N) is 1. The monoisotopic (exact) mass is 522 g/mol. The molecule has 1 saturated carbocycles. The van der Waals surface area contributed by atoms with E-state index in [0.717, 1.165) is 18.2 Å². The molecule has 8 nitrogen and oxygen atoms in total. The van der Waals surface area contributed by atoms with Crippen LogP contribution in [0.15, 0.2) is 47.4 Å². The van der Waals surface area contributed by atoms with Gasteiger partial charge in [-0.05, 0) is 62.4 Å². The number of anilines is 1. The Morgan fingerprint density at radius 1 is 1.09 bits per heavy atom. The van der Waals surface area contributed by atoms with Crippen LogP contribution in [0.1, 0.15) is 63.9 Å². The smallest absolute Gasteiger partial charge is 0.310 e. The molecule has 1 amide bonds. The Balaban J connectivity index is 1.84. The Bertz CT molecular complexity index is 1140. The van der Waals surface area contributed by atoms with Crippen molar-refractivity contribution in [3.8, 4) is 0 Å². The fourth-order valence-corrected chi connectivity index (χ4v) is 6.61. The normalized spacial score (nSPS) is 15.7. The summed E-state index contributed by atoms with van der Waals surface area (Å²) in [4.78, 5) is 18.0. The zero-order valence-electron chi connectivity index (χ0n) is 20.6. The molecule has 1 aliphatic carbocycles. The minimum absolute atomic E-state index is 0.138. The van der Waals surface area contributed by atoms with Gasteiger partial charge in [-0.1, -0.05) is 43.9 Å². The van der Waals surface area contributed by atoms with Crippen LogP contribution in [0.3, 0.4) is 0 Å². The molecule has 0 spiro atoms. The SMILES string of the molecule is CCOP(=O)(OCC)c1cccc(NC(=O)[C@H](CCC2CCCC2)c2ccc(S(C)(=O)=O)cc2)n1. The summed E-state index contributed by atoms with van der Waals surface area (Å²) in [5.74, 6) is 0.138. The van der Waals surface area contributed by atoms with Gasteiger partial charge in [0.1, 0.15) is 5.82 Å².